The van der Waals surface area contributed by atoms with Crippen molar-refractivity contribution in [2.75, 3.05) is 0 Å². The minimum absolute atomic E-state index is 0.107. The molecular formula is C26H28ClOP. The van der Waals surface area contributed by atoms with E-state index in [2.05, 4.69) is 49.4 Å². The van der Waals surface area contributed by atoms with Crippen LogP contribution >= 0.6 is 17.2 Å². The Hall–Kier alpha value is -2.21. The van der Waals surface area contributed by atoms with E-state index in [4.69, 9.17) is 11.2 Å². The van der Waals surface area contributed by atoms with Crippen molar-refractivity contribution < 1.29 is 4.79 Å². The molecule has 0 fully saturated rings. The minimum atomic E-state index is -3.74. The molecule has 0 aliphatic heterocycles. The third-order valence-electron chi connectivity index (χ3n) is 5.35. The summed E-state index contributed by atoms with van der Waals surface area (Å²) in [5.41, 5.74) is 0. The summed E-state index contributed by atoms with van der Waals surface area (Å²) in [5, 5.41) is 3.71. The van der Waals surface area contributed by atoms with E-state index in [-0.39, 0.29) is 11.7 Å². The first kappa shape index (κ1) is 21.5. The molecule has 0 aliphatic carbocycles. The standard InChI is InChI=1S/C26H28ClOP/c1-4-14-25(26(28)21(2)3)29(27,22-15-8-5-9-16-22,23-17-10-6-11-18-23)24-19-12-7-13-20-24/h5-21H,4H2,1-3H3/b25-14+. The molecular weight excluding hydrogens is 395 g/mol. The number of halogens is 1. The van der Waals surface area contributed by atoms with Gasteiger partial charge >= 0.3 is 179 Å². The van der Waals surface area contributed by atoms with Crippen LogP contribution in [0.1, 0.15) is 27.2 Å². The first-order valence-electron chi connectivity index (χ1n) is 10.1. The van der Waals surface area contributed by atoms with E-state index >= 15 is 0 Å². The molecule has 3 aromatic rings. The van der Waals surface area contributed by atoms with Crippen LogP contribution in [0, 0.1) is 5.92 Å². The van der Waals surface area contributed by atoms with Crippen LogP contribution in [0.25, 0.3) is 0 Å². The quantitative estimate of drug-likeness (QED) is 0.328. The van der Waals surface area contributed by atoms with Gasteiger partial charge in [-0.15, -0.1) is 0 Å². The zero-order valence-corrected chi connectivity index (χ0v) is 18.9. The zero-order chi connectivity index (χ0) is 20.9. The molecule has 0 unspecified atom stereocenters. The molecule has 0 bridgehead atoms. The van der Waals surface area contributed by atoms with Gasteiger partial charge in [0.1, 0.15) is 0 Å². The van der Waals surface area contributed by atoms with Crippen molar-refractivity contribution in [2.45, 2.75) is 27.2 Å². The second-order valence-corrected chi connectivity index (χ2v) is 13.6. The van der Waals surface area contributed by atoms with Crippen molar-refractivity contribution in [3.63, 3.8) is 0 Å². The van der Waals surface area contributed by atoms with E-state index in [0.717, 1.165) is 27.6 Å². The second-order valence-electron chi connectivity index (χ2n) is 7.53. The number of benzene rings is 3. The molecule has 0 spiro atoms. The SMILES string of the molecule is CC/C=C(\C(=O)C(C)C)P(Cl)(c1ccccc1)(c1ccccc1)c1ccccc1. The zero-order valence-electron chi connectivity index (χ0n) is 17.3. The van der Waals surface area contributed by atoms with Gasteiger partial charge in [-0.2, -0.15) is 0 Å². The topological polar surface area (TPSA) is 17.1 Å². The average Bonchev–Trinajstić information content (AvgIpc) is 2.78. The van der Waals surface area contributed by atoms with Crippen molar-refractivity contribution >= 4 is 38.9 Å². The molecule has 0 N–H and O–H groups in total. The summed E-state index contributed by atoms with van der Waals surface area (Å²) in [4.78, 5) is 13.7. The molecule has 0 saturated heterocycles. The summed E-state index contributed by atoms with van der Waals surface area (Å²) in [6, 6.07) is 30.5. The summed E-state index contributed by atoms with van der Waals surface area (Å²) < 4.78 is 0. The molecule has 0 aliphatic rings. The number of carbonyl (C=O) groups is 1. The van der Waals surface area contributed by atoms with E-state index in [9.17, 15) is 4.79 Å². The van der Waals surface area contributed by atoms with Crippen molar-refractivity contribution in [3.05, 3.63) is 102 Å². The summed E-state index contributed by atoms with van der Waals surface area (Å²) in [6.45, 7) is 5.96. The van der Waals surface area contributed by atoms with Gasteiger partial charge in [-0.25, -0.2) is 0 Å². The van der Waals surface area contributed by atoms with Crippen molar-refractivity contribution in [1.82, 2.24) is 0 Å². The van der Waals surface area contributed by atoms with Gasteiger partial charge < -0.3 is 0 Å². The monoisotopic (exact) mass is 422 g/mol. The van der Waals surface area contributed by atoms with Crippen LogP contribution in [0.5, 0.6) is 0 Å². The number of hydrogen-bond donors (Lipinski definition) is 0. The molecule has 0 heterocycles. The van der Waals surface area contributed by atoms with Gasteiger partial charge in [0.05, 0.1) is 0 Å². The number of Topliss-reactive ketones (excluding diaryl/α,β-unsaturated/α-hetero) is 1. The predicted octanol–water partition coefficient (Wildman–Crippen LogP) is 6.19. The second kappa shape index (κ2) is 8.66. The predicted molar refractivity (Wildman–Crippen MR) is 129 cm³/mol. The number of ketones is 1. The summed E-state index contributed by atoms with van der Waals surface area (Å²) in [6.07, 6.45) is 2.80. The molecule has 0 amide bonds. The van der Waals surface area contributed by atoms with Gasteiger partial charge in [0, 0.05) is 0 Å². The van der Waals surface area contributed by atoms with Gasteiger partial charge in [-0.3, -0.25) is 0 Å². The Kier molecular flexibility index (Phi) is 6.42. The third-order valence-corrected chi connectivity index (χ3v) is 12.8. The van der Waals surface area contributed by atoms with Crippen LogP contribution in [0.15, 0.2) is 102 Å². The van der Waals surface area contributed by atoms with Gasteiger partial charge in [0.2, 0.25) is 0 Å². The normalized spacial score (nSPS) is 13.7. The Balaban J connectivity index is 2.59. The maximum absolute atomic E-state index is 13.7. The fourth-order valence-electron chi connectivity index (χ4n) is 3.96. The van der Waals surface area contributed by atoms with Crippen LogP contribution in [0.3, 0.4) is 0 Å². The molecule has 0 saturated carbocycles. The van der Waals surface area contributed by atoms with Gasteiger partial charge in [-0.1, -0.05) is 0 Å². The van der Waals surface area contributed by atoms with E-state index in [1.807, 2.05) is 68.4 Å². The first-order chi connectivity index (χ1) is 13.9. The molecule has 3 heteroatoms. The van der Waals surface area contributed by atoms with E-state index in [0.29, 0.717) is 0 Å². The Morgan fingerprint density at radius 2 is 1.14 bits per heavy atom. The first-order valence-corrected chi connectivity index (χ1v) is 13.2. The number of allylic oxidation sites excluding steroid dienone is 2. The van der Waals surface area contributed by atoms with Crippen LogP contribution < -0.4 is 15.9 Å². The van der Waals surface area contributed by atoms with Crippen molar-refractivity contribution in [1.29, 1.82) is 0 Å². The molecule has 0 aromatic heterocycles. The summed E-state index contributed by atoms with van der Waals surface area (Å²) in [7, 11) is 0. The molecule has 0 atom stereocenters. The third kappa shape index (κ3) is 3.48. The Morgan fingerprint density at radius 1 is 0.793 bits per heavy atom. The van der Waals surface area contributed by atoms with Crippen molar-refractivity contribution in [2.24, 2.45) is 5.92 Å². The number of carbonyl (C=O) groups excluding carboxylic acids is 1. The van der Waals surface area contributed by atoms with Crippen LogP contribution in [0.4, 0.5) is 0 Å². The van der Waals surface area contributed by atoms with E-state index in [1.54, 1.807) is 0 Å². The molecule has 0 radical (unpaired) electrons. The van der Waals surface area contributed by atoms with E-state index < -0.39 is 5.96 Å². The Bertz CT molecular complexity index is 895. The maximum atomic E-state index is 13.7. The summed E-state index contributed by atoms with van der Waals surface area (Å²) in [5.74, 6) is -3.78. The molecule has 1 nitrogen and oxygen atoms in total. The number of hydrogen-bond acceptors (Lipinski definition) is 1. The molecule has 150 valence electrons. The molecule has 3 rings (SSSR count). The van der Waals surface area contributed by atoms with Gasteiger partial charge in [0.25, 0.3) is 0 Å². The fraction of sp³-hybridized carbons (Fsp3) is 0.192. The average molecular weight is 423 g/mol. The molecule has 29 heavy (non-hydrogen) atoms. The van der Waals surface area contributed by atoms with Crippen LogP contribution in [-0.4, -0.2) is 5.78 Å². The van der Waals surface area contributed by atoms with Crippen LogP contribution in [0.2, 0.25) is 0 Å². The summed E-state index contributed by atoms with van der Waals surface area (Å²) >= 11 is 8.10. The van der Waals surface area contributed by atoms with Gasteiger partial charge in [0.15, 0.2) is 0 Å². The Morgan fingerprint density at radius 3 is 1.41 bits per heavy atom. The van der Waals surface area contributed by atoms with E-state index in [1.165, 1.54) is 0 Å². The van der Waals surface area contributed by atoms with Crippen LogP contribution in [-0.2, 0) is 4.79 Å². The van der Waals surface area contributed by atoms with Gasteiger partial charge in [-0.05, 0) is 0 Å². The molecule has 3 aromatic carbocycles. The van der Waals surface area contributed by atoms with Crippen molar-refractivity contribution in [3.8, 4) is 0 Å². The number of rotatable bonds is 7. The fourth-order valence-corrected chi connectivity index (χ4v) is 10.6. The Labute approximate surface area is 179 Å².